The molecule has 0 amide bonds. The van der Waals surface area contributed by atoms with Crippen LogP contribution in [0.15, 0.2) is 12.1 Å². The van der Waals surface area contributed by atoms with E-state index in [1.54, 1.807) is 6.92 Å². The number of carboxylic acid groups (broad SMARTS) is 1. The number of hydrogen-bond acceptors (Lipinski definition) is 5. The van der Waals surface area contributed by atoms with E-state index in [0.717, 1.165) is 30.6 Å². The van der Waals surface area contributed by atoms with Crippen LogP contribution in [0.25, 0.3) is 0 Å². The molecule has 1 aromatic rings. The van der Waals surface area contributed by atoms with Gasteiger partial charge < -0.3 is 10.4 Å². The van der Waals surface area contributed by atoms with Crippen LogP contribution in [0, 0.1) is 23.0 Å². The number of anilines is 1. The predicted molar refractivity (Wildman–Crippen MR) is 95.2 cm³/mol. The summed E-state index contributed by atoms with van der Waals surface area (Å²) in [6.07, 6.45) is 4.10. The maximum absolute atomic E-state index is 11.1. The van der Waals surface area contributed by atoms with Gasteiger partial charge in [0, 0.05) is 30.8 Å². The van der Waals surface area contributed by atoms with E-state index in [4.69, 9.17) is 16.7 Å². The van der Waals surface area contributed by atoms with E-state index in [1.807, 2.05) is 0 Å². The van der Waals surface area contributed by atoms with Gasteiger partial charge >= 0.3 is 5.97 Å². The third-order valence-corrected chi connectivity index (χ3v) is 5.29. The number of carboxylic acids is 1. The molecule has 2 N–H and O–H groups in total. The molecule has 0 spiro atoms. The van der Waals surface area contributed by atoms with Gasteiger partial charge in [-0.3, -0.25) is 19.8 Å². The molecule has 136 valence electrons. The average Bonchev–Trinajstić information content (AvgIpc) is 3.27. The average molecular weight is 368 g/mol. The number of nitro benzene ring substituents is 1. The van der Waals surface area contributed by atoms with E-state index in [1.165, 1.54) is 25.0 Å². The number of aryl methyl sites for hydroxylation is 1. The summed E-state index contributed by atoms with van der Waals surface area (Å²) in [5, 5.41) is 23.7. The summed E-state index contributed by atoms with van der Waals surface area (Å²) in [6.45, 7) is 2.74. The van der Waals surface area contributed by atoms with Crippen molar-refractivity contribution in [3.8, 4) is 0 Å². The van der Waals surface area contributed by atoms with Crippen molar-refractivity contribution in [2.24, 2.45) is 5.92 Å². The smallest absolute Gasteiger partial charge is 0.317 e. The highest BCUT2D eigenvalue weighted by atomic mass is 35.5. The quantitative estimate of drug-likeness (QED) is 0.540. The molecule has 0 heterocycles. The van der Waals surface area contributed by atoms with Crippen LogP contribution in [-0.2, 0) is 4.79 Å². The van der Waals surface area contributed by atoms with Crippen LogP contribution in [-0.4, -0.2) is 46.1 Å². The Bertz CT molecular complexity index is 663. The molecule has 25 heavy (non-hydrogen) atoms. The number of rotatable bonds is 8. The lowest BCUT2D eigenvalue weighted by Crippen LogP contribution is -2.52. The van der Waals surface area contributed by atoms with Crippen LogP contribution >= 0.6 is 11.6 Å². The molecule has 3 rings (SSSR count). The van der Waals surface area contributed by atoms with Crippen LogP contribution in [0.1, 0.15) is 31.2 Å². The molecule has 0 unspecified atom stereocenters. The maximum atomic E-state index is 11.1. The van der Waals surface area contributed by atoms with Crippen LogP contribution in [0.3, 0.4) is 0 Å². The molecular weight excluding hydrogens is 346 g/mol. The Morgan fingerprint density at radius 1 is 1.44 bits per heavy atom. The van der Waals surface area contributed by atoms with Gasteiger partial charge in [-0.25, -0.2) is 0 Å². The highest BCUT2D eigenvalue weighted by molar-refractivity contribution is 6.33. The fourth-order valence-corrected chi connectivity index (χ4v) is 3.69. The fourth-order valence-electron chi connectivity index (χ4n) is 3.37. The molecule has 7 nitrogen and oxygen atoms in total. The van der Waals surface area contributed by atoms with Gasteiger partial charge in [-0.2, -0.15) is 0 Å². The molecule has 0 saturated heterocycles. The number of non-ortho nitro benzene ring substituents is 1. The molecule has 2 fully saturated rings. The molecule has 2 aliphatic rings. The fraction of sp³-hybridized carbons (Fsp3) is 0.588. The lowest BCUT2D eigenvalue weighted by molar-refractivity contribution is -0.384. The predicted octanol–water partition coefficient (Wildman–Crippen LogP) is 3.30. The van der Waals surface area contributed by atoms with Crippen molar-refractivity contribution in [3.05, 3.63) is 32.8 Å². The van der Waals surface area contributed by atoms with Crippen molar-refractivity contribution in [2.45, 2.75) is 44.7 Å². The molecule has 2 saturated carbocycles. The Morgan fingerprint density at radius 2 is 2.12 bits per heavy atom. The van der Waals surface area contributed by atoms with Gasteiger partial charge in [0.15, 0.2) is 0 Å². The number of carbonyl (C=O) groups is 1. The van der Waals surface area contributed by atoms with E-state index in [0.29, 0.717) is 10.9 Å². The van der Waals surface area contributed by atoms with Gasteiger partial charge in [-0.15, -0.1) is 0 Å². The van der Waals surface area contributed by atoms with Crippen molar-refractivity contribution < 1.29 is 14.8 Å². The number of nitro groups is 1. The van der Waals surface area contributed by atoms with Crippen LogP contribution in [0.4, 0.5) is 11.4 Å². The second-order valence-electron chi connectivity index (χ2n) is 7.11. The Balaban J connectivity index is 1.59. The Morgan fingerprint density at radius 3 is 2.64 bits per heavy atom. The summed E-state index contributed by atoms with van der Waals surface area (Å²) in [7, 11) is 0. The van der Waals surface area contributed by atoms with Gasteiger partial charge in [-0.1, -0.05) is 11.6 Å². The SMILES string of the molecule is Cc1cc([N+](=O)[O-])cc(Cl)c1NC1CC(N(CC(=O)O)CC2CC2)C1. The highest BCUT2D eigenvalue weighted by Crippen LogP contribution is 2.37. The van der Waals surface area contributed by atoms with Crippen molar-refractivity contribution >= 4 is 28.9 Å². The van der Waals surface area contributed by atoms with E-state index < -0.39 is 10.9 Å². The number of nitrogens with one attached hydrogen (secondary N) is 1. The molecular formula is C17H22ClN3O4. The third-order valence-electron chi connectivity index (χ3n) is 4.99. The zero-order valence-corrected chi connectivity index (χ0v) is 14.8. The van der Waals surface area contributed by atoms with Gasteiger partial charge in [0.1, 0.15) is 0 Å². The zero-order valence-electron chi connectivity index (χ0n) is 14.1. The molecule has 0 bridgehead atoms. The standard InChI is InChI=1S/C17H22ClN3O4/c1-10-4-14(21(24)25)7-15(18)17(10)19-12-5-13(6-12)20(9-16(22)23)8-11-2-3-11/h4,7,11-13,19H,2-3,5-6,8-9H2,1H3,(H,22,23). The second kappa shape index (κ2) is 7.17. The monoisotopic (exact) mass is 367 g/mol. The summed E-state index contributed by atoms with van der Waals surface area (Å²) in [4.78, 5) is 23.6. The molecule has 0 atom stereocenters. The summed E-state index contributed by atoms with van der Waals surface area (Å²) in [5.41, 5.74) is 1.45. The molecule has 0 radical (unpaired) electrons. The van der Waals surface area contributed by atoms with Gasteiger partial charge in [0.25, 0.3) is 5.69 Å². The number of aliphatic carboxylic acids is 1. The first-order valence-corrected chi connectivity index (χ1v) is 8.88. The molecule has 0 aromatic heterocycles. The number of benzene rings is 1. The molecule has 2 aliphatic carbocycles. The van der Waals surface area contributed by atoms with Crippen molar-refractivity contribution in [2.75, 3.05) is 18.4 Å². The Kier molecular flexibility index (Phi) is 5.15. The van der Waals surface area contributed by atoms with Crippen LogP contribution < -0.4 is 5.32 Å². The third kappa shape index (κ3) is 4.41. The minimum absolute atomic E-state index is 0.0170. The lowest BCUT2D eigenvalue weighted by atomic mass is 9.84. The van der Waals surface area contributed by atoms with Gasteiger partial charge in [-0.05, 0) is 44.1 Å². The normalized spacial score (nSPS) is 22.5. The first-order valence-electron chi connectivity index (χ1n) is 8.50. The van der Waals surface area contributed by atoms with E-state index in [-0.39, 0.29) is 24.3 Å². The minimum Gasteiger partial charge on any atom is -0.480 e. The molecule has 1 aromatic carbocycles. The first kappa shape index (κ1) is 17.9. The lowest BCUT2D eigenvalue weighted by Gasteiger charge is -2.43. The summed E-state index contributed by atoms with van der Waals surface area (Å²) < 4.78 is 0. The Hall–Kier alpha value is -1.86. The highest BCUT2D eigenvalue weighted by Gasteiger charge is 2.37. The van der Waals surface area contributed by atoms with Gasteiger partial charge in [0.2, 0.25) is 0 Å². The van der Waals surface area contributed by atoms with Crippen molar-refractivity contribution in [1.29, 1.82) is 0 Å². The number of nitrogens with zero attached hydrogens (tertiary/aromatic N) is 2. The molecule has 8 heteroatoms. The number of hydrogen-bond donors (Lipinski definition) is 2. The zero-order chi connectivity index (χ0) is 18.1. The van der Waals surface area contributed by atoms with Crippen molar-refractivity contribution in [1.82, 2.24) is 4.90 Å². The minimum atomic E-state index is -0.786. The maximum Gasteiger partial charge on any atom is 0.317 e. The van der Waals surface area contributed by atoms with E-state index in [9.17, 15) is 14.9 Å². The molecule has 0 aliphatic heterocycles. The van der Waals surface area contributed by atoms with Crippen LogP contribution in [0.5, 0.6) is 0 Å². The second-order valence-corrected chi connectivity index (χ2v) is 7.52. The first-order chi connectivity index (χ1) is 11.8. The summed E-state index contributed by atoms with van der Waals surface area (Å²) in [5.74, 6) is -0.135. The summed E-state index contributed by atoms with van der Waals surface area (Å²) in [6, 6.07) is 3.34. The topological polar surface area (TPSA) is 95.7 Å². The largest absolute Gasteiger partial charge is 0.480 e. The van der Waals surface area contributed by atoms with Gasteiger partial charge in [0.05, 0.1) is 22.2 Å². The number of halogens is 1. The van der Waals surface area contributed by atoms with E-state index in [2.05, 4.69) is 10.2 Å². The van der Waals surface area contributed by atoms with E-state index >= 15 is 0 Å². The Labute approximate surface area is 151 Å². The summed E-state index contributed by atoms with van der Waals surface area (Å²) >= 11 is 6.19. The van der Waals surface area contributed by atoms with Crippen LogP contribution in [0.2, 0.25) is 5.02 Å². The van der Waals surface area contributed by atoms with Crippen molar-refractivity contribution in [3.63, 3.8) is 0 Å².